The number of carbonyl (C=O) groups excluding carboxylic acids is 1. The molecule has 2 atom stereocenters. The molecule has 6 heteroatoms. The lowest BCUT2D eigenvalue weighted by Gasteiger charge is -2.16. The van der Waals surface area contributed by atoms with Crippen molar-refractivity contribution in [1.29, 1.82) is 0 Å². The normalized spacial score (nSPS) is 12.9. The van der Waals surface area contributed by atoms with Crippen molar-refractivity contribution >= 4 is 28.4 Å². The molecule has 0 saturated heterocycles. The Hall–Kier alpha value is -3.38. The van der Waals surface area contributed by atoms with Crippen molar-refractivity contribution in [2.45, 2.75) is 25.4 Å². The second-order valence-corrected chi connectivity index (χ2v) is 6.61. The van der Waals surface area contributed by atoms with Gasteiger partial charge >= 0.3 is 11.9 Å². The largest absolute Gasteiger partial charge is 0.480 e. The van der Waals surface area contributed by atoms with Gasteiger partial charge in [0.05, 0.1) is 0 Å². The first-order valence-corrected chi connectivity index (χ1v) is 8.97. The third kappa shape index (κ3) is 4.66. The van der Waals surface area contributed by atoms with Crippen molar-refractivity contribution in [1.82, 2.24) is 0 Å². The molecule has 0 fully saturated rings. The number of hydrogen-bond acceptors (Lipinski definition) is 5. The Bertz CT molecular complexity index is 980. The fourth-order valence-electron chi connectivity index (χ4n) is 2.88. The third-order valence-electron chi connectivity index (χ3n) is 4.43. The summed E-state index contributed by atoms with van der Waals surface area (Å²) >= 11 is 0. The molecule has 0 aliphatic rings. The van der Waals surface area contributed by atoms with Crippen LogP contribution in [0.15, 0.2) is 66.7 Å². The second-order valence-electron chi connectivity index (χ2n) is 6.61. The highest BCUT2D eigenvalue weighted by atomic mass is 16.5. The van der Waals surface area contributed by atoms with Crippen molar-refractivity contribution in [3.63, 3.8) is 0 Å². The van der Waals surface area contributed by atoms with Gasteiger partial charge in [0.1, 0.15) is 17.8 Å². The van der Waals surface area contributed by atoms with E-state index in [1.807, 2.05) is 42.5 Å². The monoisotopic (exact) mass is 378 g/mol. The van der Waals surface area contributed by atoms with Gasteiger partial charge < -0.3 is 20.9 Å². The quantitative estimate of drug-likeness (QED) is 0.431. The van der Waals surface area contributed by atoms with Crippen LogP contribution in [0.3, 0.4) is 0 Å². The summed E-state index contributed by atoms with van der Waals surface area (Å²) in [5.41, 5.74) is 7.15. The van der Waals surface area contributed by atoms with Gasteiger partial charge in [0, 0.05) is 11.1 Å². The summed E-state index contributed by atoms with van der Waals surface area (Å²) < 4.78 is 5.42. The predicted molar refractivity (Wildman–Crippen MR) is 108 cm³/mol. The van der Waals surface area contributed by atoms with Gasteiger partial charge in [-0.15, -0.1) is 0 Å². The highest BCUT2D eigenvalue weighted by molar-refractivity contribution is 5.95. The van der Waals surface area contributed by atoms with Crippen LogP contribution in [0, 0.1) is 0 Å². The molecular weight excluding hydrogens is 356 g/mol. The summed E-state index contributed by atoms with van der Waals surface area (Å²) in [4.78, 5) is 23.2. The van der Waals surface area contributed by atoms with Crippen molar-refractivity contribution in [3.8, 4) is 5.75 Å². The number of benzene rings is 3. The first-order valence-electron chi connectivity index (χ1n) is 8.97. The SMILES string of the molecule is C[C@H](Nc1cccc2ccccc12)C(=O)Oc1ccc(C[C@H](N)C(=O)O)cc1. The first kappa shape index (κ1) is 19.4. The lowest BCUT2D eigenvalue weighted by Crippen LogP contribution is -2.32. The first-order chi connectivity index (χ1) is 13.4. The van der Waals surface area contributed by atoms with Gasteiger partial charge in [0.15, 0.2) is 0 Å². The molecule has 0 aromatic heterocycles. The van der Waals surface area contributed by atoms with E-state index in [1.54, 1.807) is 31.2 Å². The van der Waals surface area contributed by atoms with Gasteiger partial charge in [-0.05, 0) is 42.5 Å². The van der Waals surface area contributed by atoms with Crippen molar-refractivity contribution < 1.29 is 19.4 Å². The van der Waals surface area contributed by atoms with Crippen LogP contribution in [0.2, 0.25) is 0 Å². The molecule has 3 rings (SSSR count). The van der Waals surface area contributed by atoms with Crippen LogP contribution in [0.1, 0.15) is 12.5 Å². The molecule has 6 nitrogen and oxygen atoms in total. The Morgan fingerprint density at radius 3 is 2.43 bits per heavy atom. The summed E-state index contributed by atoms with van der Waals surface area (Å²) in [6, 6.07) is 19.0. The fraction of sp³-hybridized carbons (Fsp3) is 0.182. The highest BCUT2D eigenvalue weighted by Crippen LogP contribution is 2.24. The van der Waals surface area contributed by atoms with E-state index in [9.17, 15) is 9.59 Å². The molecule has 0 bridgehead atoms. The maximum absolute atomic E-state index is 12.4. The molecule has 28 heavy (non-hydrogen) atoms. The molecule has 3 aromatic rings. The maximum Gasteiger partial charge on any atom is 0.333 e. The minimum absolute atomic E-state index is 0.211. The third-order valence-corrected chi connectivity index (χ3v) is 4.43. The Kier molecular flexibility index (Phi) is 5.91. The minimum Gasteiger partial charge on any atom is -0.480 e. The van der Waals surface area contributed by atoms with Crippen LogP contribution in [0.5, 0.6) is 5.75 Å². The molecule has 0 unspecified atom stereocenters. The number of carboxylic acids is 1. The van der Waals surface area contributed by atoms with Gasteiger partial charge in [-0.3, -0.25) is 4.79 Å². The van der Waals surface area contributed by atoms with Crippen molar-refractivity contribution in [3.05, 3.63) is 72.3 Å². The molecule has 4 N–H and O–H groups in total. The van der Waals surface area contributed by atoms with E-state index in [-0.39, 0.29) is 6.42 Å². The van der Waals surface area contributed by atoms with Crippen LogP contribution in [0.25, 0.3) is 10.8 Å². The Balaban J connectivity index is 1.63. The van der Waals surface area contributed by atoms with Gasteiger partial charge in [-0.1, -0.05) is 48.5 Å². The molecule has 0 radical (unpaired) electrons. The number of nitrogens with two attached hydrogens (primary N) is 1. The molecule has 0 saturated carbocycles. The molecular formula is C22H22N2O4. The molecule has 0 aliphatic heterocycles. The highest BCUT2D eigenvalue weighted by Gasteiger charge is 2.17. The van der Waals surface area contributed by atoms with E-state index in [0.717, 1.165) is 22.0 Å². The molecule has 0 amide bonds. The van der Waals surface area contributed by atoms with Gasteiger partial charge in [0.2, 0.25) is 0 Å². The fourth-order valence-corrected chi connectivity index (χ4v) is 2.88. The number of carboxylic acid groups (broad SMARTS) is 1. The summed E-state index contributed by atoms with van der Waals surface area (Å²) in [6.07, 6.45) is 0.211. The Morgan fingerprint density at radius 1 is 1.04 bits per heavy atom. The zero-order valence-electron chi connectivity index (χ0n) is 15.5. The molecule has 3 aromatic carbocycles. The van der Waals surface area contributed by atoms with Crippen LogP contribution in [-0.2, 0) is 16.0 Å². The number of ether oxygens (including phenoxy) is 1. The Labute approximate surface area is 162 Å². The van der Waals surface area contributed by atoms with Crippen LogP contribution in [-0.4, -0.2) is 29.1 Å². The van der Waals surface area contributed by atoms with Gasteiger partial charge in [-0.25, -0.2) is 4.79 Å². The molecule has 0 heterocycles. The number of esters is 1. The molecule has 0 spiro atoms. The zero-order valence-corrected chi connectivity index (χ0v) is 15.5. The van der Waals surface area contributed by atoms with Crippen LogP contribution < -0.4 is 15.8 Å². The van der Waals surface area contributed by atoms with Crippen LogP contribution in [0.4, 0.5) is 5.69 Å². The number of fused-ring (bicyclic) bond motifs is 1. The summed E-state index contributed by atoms with van der Waals surface area (Å²) in [6.45, 7) is 1.74. The van der Waals surface area contributed by atoms with E-state index < -0.39 is 24.0 Å². The van der Waals surface area contributed by atoms with Crippen LogP contribution >= 0.6 is 0 Å². The summed E-state index contributed by atoms with van der Waals surface area (Å²) in [5.74, 6) is -1.07. The van der Waals surface area contributed by atoms with Gasteiger partial charge in [-0.2, -0.15) is 0 Å². The van der Waals surface area contributed by atoms with E-state index in [1.165, 1.54) is 0 Å². The number of hydrogen-bond donors (Lipinski definition) is 3. The number of anilines is 1. The standard InChI is InChI=1S/C22H22N2O4/c1-14(24-20-8-4-6-16-5-2-3-7-18(16)20)22(27)28-17-11-9-15(10-12-17)13-19(23)21(25)26/h2-12,14,19,24H,13,23H2,1H3,(H,25,26)/t14-,19-/m0/s1. The summed E-state index contributed by atoms with van der Waals surface area (Å²) in [5, 5.41) is 14.2. The number of aliphatic carboxylic acids is 1. The molecule has 144 valence electrons. The topological polar surface area (TPSA) is 102 Å². The average Bonchev–Trinajstić information content (AvgIpc) is 2.69. The minimum atomic E-state index is -1.05. The maximum atomic E-state index is 12.4. The van der Waals surface area contributed by atoms with E-state index >= 15 is 0 Å². The van der Waals surface area contributed by atoms with Crippen molar-refractivity contribution in [2.75, 3.05) is 5.32 Å². The van der Waals surface area contributed by atoms with E-state index in [2.05, 4.69) is 5.32 Å². The van der Waals surface area contributed by atoms with Crippen molar-refractivity contribution in [2.24, 2.45) is 5.73 Å². The lowest BCUT2D eigenvalue weighted by molar-refractivity contribution is -0.138. The van der Waals surface area contributed by atoms with E-state index in [4.69, 9.17) is 15.6 Å². The summed E-state index contributed by atoms with van der Waals surface area (Å²) in [7, 11) is 0. The smallest absolute Gasteiger partial charge is 0.333 e. The van der Waals surface area contributed by atoms with E-state index in [0.29, 0.717) is 5.75 Å². The number of rotatable bonds is 7. The number of carbonyl (C=O) groups is 2. The number of nitrogens with one attached hydrogen (secondary N) is 1. The lowest BCUT2D eigenvalue weighted by atomic mass is 10.1. The average molecular weight is 378 g/mol. The molecule has 0 aliphatic carbocycles. The van der Waals surface area contributed by atoms with Gasteiger partial charge in [0.25, 0.3) is 0 Å². The predicted octanol–water partition coefficient (Wildman–Crippen LogP) is 3.20. The zero-order chi connectivity index (χ0) is 20.1. The Morgan fingerprint density at radius 2 is 1.71 bits per heavy atom. The second kappa shape index (κ2) is 8.54.